The Bertz CT molecular complexity index is 1120. The predicted octanol–water partition coefficient (Wildman–Crippen LogP) is 2.33. The van der Waals surface area contributed by atoms with Crippen molar-refractivity contribution in [1.29, 1.82) is 0 Å². The van der Waals surface area contributed by atoms with Gasteiger partial charge in [0, 0.05) is 21.1 Å². The monoisotopic (exact) mass is 426 g/mol. The van der Waals surface area contributed by atoms with Gasteiger partial charge in [-0.05, 0) is 31.2 Å². The van der Waals surface area contributed by atoms with Gasteiger partial charge in [-0.2, -0.15) is 0 Å². The van der Waals surface area contributed by atoms with Crippen LogP contribution < -0.4 is 20.9 Å². The van der Waals surface area contributed by atoms with Gasteiger partial charge in [-0.25, -0.2) is 0 Å². The molecular weight excluding hydrogens is 400 g/mol. The summed E-state index contributed by atoms with van der Waals surface area (Å²) in [6.45, 7) is 3.50. The van der Waals surface area contributed by atoms with Crippen molar-refractivity contribution in [2.45, 2.75) is 26.6 Å². The molecule has 4 aromatic heterocycles. The van der Waals surface area contributed by atoms with Gasteiger partial charge in [0.25, 0.3) is 0 Å². The fourth-order valence-corrected chi connectivity index (χ4v) is 3.00. The summed E-state index contributed by atoms with van der Waals surface area (Å²) >= 11 is 0. The van der Waals surface area contributed by atoms with Crippen molar-refractivity contribution in [3.63, 3.8) is 0 Å². The van der Waals surface area contributed by atoms with Crippen LogP contribution in [0.2, 0.25) is 0 Å². The summed E-state index contributed by atoms with van der Waals surface area (Å²) in [6, 6.07) is 7.75. The zero-order valence-corrected chi connectivity index (χ0v) is 17.9. The first-order valence-corrected chi connectivity index (χ1v) is 9.83. The van der Waals surface area contributed by atoms with Gasteiger partial charge in [-0.3, -0.25) is 9.55 Å². The molecule has 4 rings (SSSR count). The van der Waals surface area contributed by atoms with E-state index < -0.39 is 0 Å². The standard InChI is InChI=1S/C19H26N10O2/c1-12-5-6-13(30-12)9-21-17-25-26-18(29(17)4)22-10-14-7-8-15(31-14)11-28(3)19-23-16(20-2)24-27-19/h5-8H,9-11H2,1-4H3,(H,21,25)(H,22,26)(H2,20,23,24,27). The molecule has 4 aromatic rings. The summed E-state index contributed by atoms with van der Waals surface area (Å²) in [5.74, 6) is 5.88. The van der Waals surface area contributed by atoms with Gasteiger partial charge in [0.1, 0.15) is 23.0 Å². The smallest absolute Gasteiger partial charge is 0.226 e. The van der Waals surface area contributed by atoms with Crippen molar-refractivity contribution in [2.24, 2.45) is 7.05 Å². The van der Waals surface area contributed by atoms with Crippen LogP contribution in [0.1, 0.15) is 23.0 Å². The van der Waals surface area contributed by atoms with E-state index in [-0.39, 0.29) is 0 Å². The third kappa shape index (κ3) is 4.79. The Morgan fingerprint density at radius 3 is 2.19 bits per heavy atom. The minimum Gasteiger partial charge on any atom is -0.465 e. The number of aromatic amines is 1. The second-order valence-corrected chi connectivity index (χ2v) is 7.10. The number of H-pyrrole nitrogens is 1. The number of hydrogen-bond acceptors (Lipinski definition) is 10. The molecule has 0 aromatic carbocycles. The predicted molar refractivity (Wildman–Crippen MR) is 116 cm³/mol. The lowest BCUT2D eigenvalue weighted by atomic mass is 10.4. The van der Waals surface area contributed by atoms with Crippen LogP contribution in [0.15, 0.2) is 33.1 Å². The number of hydrogen-bond donors (Lipinski definition) is 4. The second-order valence-electron chi connectivity index (χ2n) is 7.10. The topological polar surface area (TPSA) is 138 Å². The number of aryl methyl sites for hydroxylation is 1. The maximum atomic E-state index is 5.92. The minimum atomic E-state index is 0.485. The van der Waals surface area contributed by atoms with Crippen LogP contribution in [0.3, 0.4) is 0 Å². The Balaban J connectivity index is 1.29. The average Bonchev–Trinajstić information content (AvgIpc) is 3.54. The highest BCUT2D eigenvalue weighted by atomic mass is 16.3. The highest BCUT2D eigenvalue weighted by Crippen LogP contribution is 2.17. The fraction of sp³-hybridized carbons (Fsp3) is 0.368. The van der Waals surface area contributed by atoms with E-state index in [4.69, 9.17) is 8.83 Å². The molecule has 0 saturated heterocycles. The lowest BCUT2D eigenvalue weighted by molar-refractivity contribution is 0.468. The molecule has 4 heterocycles. The van der Waals surface area contributed by atoms with Crippen LogP contribution in [0.5, 0.6) is 0 Å². The lowest BCUT2D eigenvalue weighted by Gasteiger charge is -2.13. The zero-order chi connectivity index (χ0) is 21.8. The number of rotatable bonds is 10. The van der Waals surface area contributed by atoms with Crippen molar-refractivity contribution >= 4 is 23.8 Å². The molecule has 0 amide bonds. The van der Waals surface area contributed by atoms with E-state index in [2.05, 4.69) is 41.3 Å². The maximum Gasteiger partial charge on any atom is 0.226 e. The Kier molecular flexibility index (Phi) is 5.78. The quantitative estimate of drug-likeness (QED) is 0.299. The summed E-state index contributed by atoms with van der Waals surface area (Å²) in [6.07, 6.45) is 0. The molecule has 0 aliphatic rings. The van der Waals surface area contributed by atoms with Gasteiger partial charge < -0.3 is 29.7 Å². The molecule has 0 aliphatic carbocycles. The molecule has 31 heavy (non-hydrogen) atoms. The van der Waals surface area contributed by atoms with Gasteiger partial charge >= 0.3 is 0 Å². The lowest BCUT2D eigenvalue weighted by Crippen LogP contribution is -2.17. The van der Waals surface area contributed by atoms with E-state index in [1.807, 2.05) is 54.8 Å². The Hall–Kier alpha value is -3.96. The first-order chi connectivity index (χ1) is 15.0. The highest BCUT2D eigenvalue weighted by molar-refractivity contribution is 5.38. The number of aromatic nitrogens is 6. The van der Waals surface area contributed by atoms with Gasteiger partial charge in [0.2, 0.25) is 23.8 Å². The molecular formula is C19H26N10O2. The van der Waals surface area contributed by atoms with E-state index >= 15 is 0 Å². The van der Waals surface area contributed by atoms with Gasteiger partial charge in [0.15, 0.2) is 0 Å². The van der Waals surface area contributed by atoms with Crippen LogP contribution in [0.25, 0.3) is 0 Å². The maximum absolute atomic E-state index is 5.92. The molecule has 0 aliphatic heterocycles. The fourth-order valence-electron chi connectivity index (χ4n) is 3.00. The molecule has 4 N–H and O–H groups in total. The second kappa shape index (κ2) is 8.81. The summed E-state index contributed by atoms with van der Waals surface area (Å²) in [7, 11) is 5.59. The summed E-state index contributed by atoms with van der Waals surface area (Å²) in [5.41, 5.74) is 0. The summed E-state index contributed by atoms with van der Waals surface area (Å²) in [4.78, 5) is 5.00. The van der Waals surface area contributed by atoms with E-state index in [9.17, 15) is 0 Å². The van der Waals surface area contributed by atoms with E-state index in [0.29, 0.717) is 43.4 Å². The molecule has 12 heteroatoms. The first kappa shape index (κ1) is 20.3. The van der Waals surface area contributed by atoms with Crippen molar-refractivity contribution in [2.75, 3.05) is 34.9 Å². The molecule has 0 radical (unpaired) electrons. The van der Waals surface area contributed by atoms with Crippen LogP contribution in [-0.4, -0.2) is 44.0 Å². The van der Waals surface area contributed by atoms with Crippen LogP contribution in [0, 0.1) is 6.92 Å². The summed E-state index contributed by atoms with van der Waals surface area (Å²) < 4.78 is 13.3. The van der Waals surface area contributed by atoms with Gasteiger partial charge in [-0.15, -0.1) is 20.4 Å². The van der Waals surface area contributed by atoms with Gasteiger partial charge in [0.05, 0.1) is 19.6 Å². The highest BCUT2D eigenvalue weighted by Gasteiger charge is 2.12. The Morgan fingerprint density at radius 2 is 1.58 bits per heavy atom. The molecule has 0 bridgehead atoms. The zero-order valence-electron chi connectivity index (χ0n) is 17.9. The largest absolute Gasteiger partial charge is 0.465 e. The van der Waals surface area contributed by atoms with E-state index in [1.54, 1.807) is 7.05 Å². The van der Waals surface area contributed by atoms with Crippen LogP contribution >= 0.6 is 0 Å². The SMILES string of the molecule is CNc1nnc(N(C)Cc2ccc(CNc3nnc(NCc4ccc(C)o4)n3C)o2)[nH]1. The number of nitrogens with one attached hydrogen (secondary N) is 4. The third-order valence-corrected chi connectivity index (χ3v) is 4.70. The Labute approximate surface area is 179 Å². The normalized spacial score (nSPS) is 11.0. The number of furan rings is 2. The van der Waals surface area contributed by atoms with Crippen molar-refractivity contribution in [3.8, 4) is 0 Å². The third-order valence-electron chi connectivity index (χ3n) is 4.70. The van der Waals surface area contributed by atoms with Crippen molar-refractivity contribution < 1.29 is 8.83 Å². The molecule has 0 fully saturated rings. The van der Waals surface area contributed by atoms with Crippen LogP contribution in [-0.2, 0) is 26.7 Å². The van der Waals surface area contributed by atoms with E-state index in [0.717, 1.165) is 23.0 Å². The Morgan fingerprint density at radius 1 is 0.935 bits per heavy atom. The molecule has 0 unspecified atom stereocenters. The molecule has 0 atom stereocenters. The summed E-state index contributed by atoms with van der Waals surface area (Å²) in [5, 5.41) is 25.8. The molecule has 0 saturated carbocycles. The van der Waals surface area contributed by atoms with Crippen molar-refractivity contribution in [3.05, 3.63) is 47.3 Å². The van der Waals surface area contributed by atoms with E-state index in [1.165, 1.54) is 0 Å². The first-order valence-electron chi connectivity index (χ1n) is 9.83. The van der Waals surface area contributed by atoms with Gasteiger partial charge in [-0.1, -0.05) is 0 Å². The minimum absolute atomic E-state index is 0.485. The number of nitrogens with zero attached hydrogens (tertiary/aromatic N) is 6. The number of anilines is 4. The van der Waals surface area contributed by atoms with Crippen LogP contribution in [0.4, 0.5) is 23.8 Å². The van der Waals surface area contributed by atoms with Crippen molar-refractivity contribution in [1.82, 2.24) is 29.9 Å². The molecule has 12 nitrogen and oxygen atoms in total. The average molecular weight is 426 g/mol. The molecule has 164 valence electrons. The molecule has 0 spiro atoms.